The molecule has 4 aromatic rings. The maximum atomic E-state index is 14.6. The van der Waals surface area contributed by atoms with Crippen molar-refractivity contribution >= 4 is 38.9 Å². The first kappa shape index (κ1) is 23.3. The van der Waals surface area contributed by atoms with E-state index in [1.54, 1.807) is 36.4 Å². The molecule has 4 rings (SSSR count). The van der Waals surface area contributed by atoms with Crippen LogP contribution in [0.4, 0.5) is 15.8 Å². The van der Waals surface area contributed by atoms with Crippen LogP contribution < -0.4 is 14.8 Å². The van der Waals surface area contributed by atoms with Crippen LogP contribution in [0.25, 0.3) is 0 Å². The molecule has 0 radical (unpaired) electrons. The Morgan fingerprint density at radius 2 is 1.47 bits per heavy atom. The highest BCUT2D eigenvalue weighted by Gasteiger charge is 2.18. The standard InChI is InChI=1S/C25H18ClFN2O4S/c26-22-9-5-4-8-21(22)25(30)28-24-15-14-20(16-23(24)27)34(31,32)29-17-10-12-19(13-11-17)33-18-6-2-1-3-7-18/h1-16,29H,(H,28,30). The number of amides is 1. The summed E-state index contributed by atoms with van der Waals surface area (Å²) in [4.78, 5) is 12.0. The van der Waals surface area contributed by atoms with E-state index in [9.17, 15) is 17.6 Å². The molecule has 0 aliphatic heterocycles. The molecule has 1 amide bonds. The van der Waals surface area contributed by atoms with Crippen molar-refractivity contribution in [3.63, 3.8) is 0 Å². The predicted octanol–water partition coefficient (Wildman–Crippen LogP) is 6.32. The van der Waals surface area contributed by atoms with Crippen LogP contribution in [0.3, 0.4) is 0 Å². The number of benzene rings is 4. The third kappa shape index (κ3) is 5.54. The number of hydrogen-bond acceptors (Lipinski definition) is 4. The lowest BCUT2D eigenvalue weighted by Crippen LogP contribution is -2.15. The maximum absolute atomic E-state index is 14.6. The van der Waals surface area contributed by atoms with Gasteiger partial charge in [0.05, 0.1) is 21.2 Å². The van der Waals surface area contributed by atoms with E-state index in [1.807, 2.05) is 18.2 Å². The summed E-state index contributed by atoms with van der Waals surface area (Å²) in [5.74, 6) is -0.349. The number of carbonyl (C=O) groups excluding carboxylic acids is 1. The van der Waals surface area contributed by atoms with Gasteiger partial charge in [0, 0.05) is 5.69 Å². The summed E-state index contributed by atoms with van der Waals surface area (Å²) in [5, 5.41) is 2.61. The first-order chi connectivity index (χ1) is 16.3. The van der Waals surface area contributed by atoms with Crippen molar-refractivity contribution in [1.29, 1.82) is 0 Å². The van der Waals surface area contributed by atoms with Gasteiger partial charge in [-0.15, -0.1) is 0 Å². The van der Waals surface area contributed by atoms with E-state index in [4.69, 9.17) is 16.3 Å². The average molecular weight is 497 g/mol. The SMILES string of the molecule is O=C(Nc1ccc(S(=O)(=O)Nc2ccc(Oc3ccccc3)cc2)cc1F)c1ccccc1Cl. The second kappa shape index (κ2) is 9.94. The van der Waals surface area contributed by atoms with Crippen molar-refractivity contribution < 1.29 is 22.3 Å². The van der Waals surface area contributed by atoms with Crippen molar-refractivity contribution in [2.75, 3.05) is 10.0 Å². The molecule has 0 aromatic heterocycles. The summed E-state index contributed by atoms with van der Waals surface area (Å²) >= 11 is 5.99. The van der Waals surface area contributed by atoms with Gasteiger partial charge in [-0.25, -0.2) is 12.8 Å². The summed E-state index contributed by atoms with van der Waals surface area (Å²) in [6, 6.07) is 24.9. The van der Waals surface area contributed by atoms with Crippen LogP contribution in [0, 0.1) is 5.82 Å². The van der Waals surface area contributed by atoms with Gasteiger partial charge in [0.15, 0.2) is 0 Å². The molecular formula is C25H18ClFN2O4S. The van der Waals surface area contributed by atoms with Crippen molar-refractivity contribution in [3.05, 3.63) is 113 Å². The van der Waals surface area contributed by atoms with Gasteiger partial charge in [0.1, 0.15) is 17.3 Å². The molecule has 4 aromatic carbocycles. The summed E-state index contributed by atoms with van der Waals surface area (Å²) in [6.45, 7) is 0. The molecule has 0 fully saturated rings. The lowest BCUT2D eigenvalue weighted by atomic mass is 10.2. The molecule has 0 aliphatic carbocycles. The van der Waals surface area contributed by atoms with Crippen LogP contribution in [-0.2, 0) is 10.0 Å². The van der Waals surface area contributed by atoms with Crippen LogP contribution in [-0.4, -0.2) is 14.3 Å². The Labute approximate surface area is 201 Å². The fraction of sp³-hybridized carbons (Fsp3) is 0. The minimum Gasteiger partial charge on any atom is -0.457 e. The zero-order valence-corrected chi connectivity index (χ0v) is 19.1. The zero-order chi connectivity index (χ0) is 24.1. The zero-order valence-electron chi connectivity index (χ0n) is 17.5. The number of ether oxygens (including phenoxy) is 1. The first-order valence-electron chi connectivity index (χ1n) is 10.0. The van der Waals surface area contributed by atoms with E-state index in [0.717, 1.165) is 6.07 Å². The number of para-hydroxylation sites is 1. The number of halogens is 2. The van der Waals surface area contributed by atoms with Gasteiger partial charge in [-0.2, -0.15) is 0 Å². The molecular weight excluding hydrogens is 479 g/mol. The van der Waals surface area contributed by atoms with E-state index >= 15 is 0 Å². The number of rotatable bonds is 7. The summed E-state index contributed by atoms with van der Waals surface area (Å²) in [7, 11) is -4.08. The minimum atomic E-state index is -4.08. The van der Waals surface area contributed by atoms with Crippen LogP contribution >= 0.6 is 11.6 Å². The highest BCUT2D eigenvalue weighted by Crippen LogP contribution is 2.26. The first-order valence-corrected chi connectivity index (χ1v) is 11.9. The Hall–Kier alpha value is -3.88. The molecule has 0 spiro atoms. The largest absolute Gasteiger partial charge is 0.457 e. The molecule has 34 heavy (non-hydrogen) atoms. The van der Waals surface area contributed by atoms with Gasteiger partial charge in [-0.1, -0.05) is 41.9 Å². The van der Waals surface area contributed by atoms with Gasteiger partial charge in [0.2, 0.25) is 0 Å². The Balaban J connectivity index is 1.45. The third-order valence-electron chi connectivity index (χ3n) is 4.70. The van der Waals surface area contributed by atoms with Crippen molar-refractivity contribution in [2.45, 2.75) is 4.90 Å². The molecule has 0 saturated heterocycles. The molecule has 2 N–H and O–H groups in total. The van der Waals surface area contributed by atoms with Crippen molar-refractivity contribution in [1.82, 2.24) is 0 Å². The van der Waals surface area contributed by atoms with Gasteiger partial charge in [0.25, 0.3) is 15.9 Å². The molecule has 9 heteroatoms. The maximum Gasteiger partial charge on any atom is 0.261 e. The quantitative estimate of drug-likeness (QED) is 0.313. The number of sulfonamides is 1. The number of anilines is 2. The van der Waals surface area contributed by atoms with Crippen LogP contribution in [0.15, 0.2) is 102 Å². The molecule has 0 heterocycles. The van der Waals surface area contributed by atoms with Crippen molar-refractivity contribution in [2.24, 2.45) is 0 Å². The number of hydrogen-bond donors (Lipinski definition) is 2. The predicted molar refractivity (Wildman–Crippen MR) is 130 cm³/mol. The van der Waals surface area contributed by atoms with E-state index in [2.05, 4.69) is 10.0 Å². The molecule has 0 atom stereocenters. The van der Waals surface area contributed by atoms with E-state index in [-0.39, 0.29) is 26.9 Å². The van der Waals surface area contributed by atoms with Gasteiger partial charge in [-0.3, -0.25) is 9.52 Å². The molecule has 6 nitrogen and oxygen atoms in total. The Bertz CT molecular complexity index is 1430. The van der Waals surface area contributed by atoms with Gasteiger partial charge >= 0.3 is 0 Å². The molecule has 0 aliphatic rings. The fourth-order valence-corrected chi connectivity index (χ4v) is 4.32. The summed E-state index contributed by atoms with van der Waals surface area (Å²) in [5.41, 5.74) is 0.268. The second-order valence-electron chi connectivity index (χ2n) is 7.12. The Morgan fingerprint density at radius 3 is 2.15 bits per heavy atom. The number of nitrogens with one attached hydrogen (secondary N) is 2. The smallest absolute Gasteiger partial charge is 0.261 e. The highest BCUT2D eigenvalue weighted by molar-refractivity contribution is 7.92. The molecule has 0 bridgehead atoms. The molecule has 172 valence electrons. The highest BCUT2D eigenvalue weighted by atomic mass is 35.5. The second-order valence-corrected chi connectivity index (χ2v) is 9.21. The molecule has 0 unspecified atom stereocenters. The van der Waals surface area contributed by atoms with Gasteiger partial charge in [-0.05, 0) is 66.7 Å². The lowest BCUT2D eigenvalue weighted by molar-refractivity contribution is 0.102. The monoisotopic (exact) mass is 496 g/mol. The normalized spacial score (nSPS) is 11.0. The van der Waals surface area contributed by atoms with E-state index in [0.29, 0.717) is 11.5 Å². The Morgan fingerprint density at radius 1 is 0.824 bits per heavy atom. The Kier molecular flexibility index (Phi) is 6.81. The van der Waals surface area contributed by atoms with Crippen molar-refractivity contribution in [3.8, 4) is 11.5 Å². The van der Waals surface area contributed by atoms with E-state index in [1.165, 1.54) is 36.4 Å². The fourth-order valence-electron chi connectivity index (χ4n) is 3.03. The topological polar surface area (TPSA) is 84.5 Å². The summed E-state index contributed by atoms with van der Waals surface area (Å²) in [6.07, 6.45) is 0. The van der Waals surface area contributed by atoms with E-state index < -0.39 is 21.7 Å². The summed E-state index contributed by atoms with van der Waals surface area (Å²) < 4.78 is 48.1. The van der Waals surface area contributed by atoms with Crippen LogP contribution in [0.1, 0.15) is 10.4 Å². The van der Waals surface area contributed by atoms with Gasteiger partial charge < -0.3 is 10.1 Å². The van der Waals surface area contributed by atoms with Crippen LogP contribution in [0.5, 0.6) is 11.5 Å². The third-order valence-corrected chi connectivity index (χ3v) is 6.41. The average Bonchev–Trinajstić information content (AvgIpc) is 2.82. The number of carbonyl (C=O) groups is 1. The molecule has 0 saturated carbocycles. The lowest BCUT2D eigenvalue weighted by Gasteiger charge is -2.12. The minimum absolute atomic E-state index is 0.168. The van der Waals surface area contributed by atoms with Crippen LogP contribution in [0.2, 0.25) is 5.02 Å².